The van der Waals surface area contributed by atoms with Gasteiger partial charge in [0.2, 0.25) is 5.91 Å². The van der Waals surface area contributed by atoms with Gasteiger partial charge in [0.1, 0.15) is 5.60 Å². The lowest BCUT2D eigenvalue weighted by Crippen LogP contribution is -2.45. The maximum atomic E-state index is 11.9. The number of nitrogens with zero attached hydrogens (tertiary/aromatic N) is 1. The van der Waals surface area contributed by atoms with E-state index in [0.717, 1.165) is 47.6 Å². The molecular formula is C34H49N3O3. The molecule has 0 aromatic heterocycles. The molecule has 2 aliphatic heterocycles. The van der Waals surface area contributed by atoms with Gasteiger partial charge in [-0.05, 0) is 74.1 Å². The molecule has 0 bridgehead atoms. The van der Waals surface area contributed by atoms with Crippen LogP contribution in [0.15, 0.2) is 48.7 Å². The van der Waals surface area contributed by atoms with E-state index in [1.807, 2.05) is 32.0 Å². The zero-order chi connectivity index (χ0) is 29.2. The van der Waals surface area contributed by atoms with Gasteiger partial charge < -0.3 is 20.5 Å². The lowest BCUT2D eigenvalue weighted by atomic mass is 9.90. The van der Waals surface area contributed by atoms with Crippen molar-refractivity contribution in [3.63, 3.8) is 0 Å². The fourth-order valence-corrected chi connectivity index (χ4v) is 6.55. The molecule has 0 spiro atoms. The number of ether oxygens (including phenoxy) is 1. The van der Waals surface area contributed by atoms with Crippen LogP contribution in [0.5, 0.6) is 0 Å². The highest BCUT2D eigenvalue weighted by Gasteiger charge is 2.35. The largest absolute Gasteiger partial charge is 0.367 e. The van der Waals surface area contributed by atoms with Crippen LogP contribution in [0, 0.1) is 18.8 Å². The van der Waals surface area contributed by atoms with Crippen molar-refractivity contribution in [1.82, 2.24) is 10.2 Å². The van der Waals surface area contributed by atoms with Crippen molar-refractivity contribution in [2.75, 3.05) is 18.4 Å². The van der Waals surface area contributed by atoms with Crippen molar-refractivity contribution in [3.05, 3.63) is 76.5 Å². The van der Waals surface area contributed by atoms with E-state index in [4.69, 9.17) is 4.74 Å². The summed E-state index contributed by atoms with van der Waals surface area (Å²) in [7, 11) is 0. The van der Waals surface area contributed by atoms with E-state index >= 15 is 0 Å². The summed E-state index contributed by atoms with van der Waals surface area (Å²) in [5.41, 5.74) is 4.91. The van der Waals surface area contributed by atoms with Gasteiger partial charge in [-0.2, -0.15) is 0 Å². The summed E-state index contributed by atoms with van der Waals surface area (Å²) in [5, 5.41) is 18.2. The third-order valence-corrected chi connectivity index (χ3v) is 8.81. The molecule has 1 amide bonds. The zero-order valence-electron chi connectivity index (χ0n) is 25.6. The summed E-state index contributed by atoms with van der Waals surface area (Å²) >= 11 is 0. The number of hydrogen-bond donors (Lipinski definition) is 3. The first-order chi connectivity index (χ1) is 18.8. The van der Waals surface area contributed by atoms with Crippen molar-refractivity contribution in [2.24, 2.45) is 11.8 Å². The molecule has 40 heavy (non-hydrogen) atoms. The quantitative estimate of drug-likeness (QED) is 0.310. The number of rotatable bonds is 9. The summed E-state index contributed by atoms with van der Waals surface area (Å²) in [6.07, 6.45) is 2.28. The first-order valence-corrected chi connectivity index (χ1v) is 14.9. The van der Waals surface area contributed by atoms with Gasteiger partial charge >= 0.3 is 0 Å². The van der Waals surface area contributed by atoms with Crippen molar-refractivity contribution in [2.45, 2.75) is 98.1 Å². The highest BCUT2D eigenvalue weighted by Crippen LogP contribution is 2.36. The SMILES string of the molecule is C=C1NC(=O)CCC1(C)OCc1c(NC(C)(O)c2cccc(CN3CC(C)CC(C)C3)c2C)cccc1C(C)C. The van der Waals surface area contributed by atoms with Gasteiger partial charge in [0.15, 0.2) is 5.72 Å². The highest BCUT2D eigenvalue weighted by atomic mass is 16.5. The first kappa shape index (κ1) is 30.3. The van der Waals surface area contributed by atoms with Gasteiger partial charge in [-0.1, -0.05) is 64.6 Å². The molecule has 2 aromatic carbocycles. The Bertz CT molecular complexity index is 1230. The van der Waals surface area contributed by atoms with E-state index in [-0.39, 0.29) is 11.8 Å². The molecule has 2 fully saturated rings. The molecule has 6 nitrogen and oxygen atoms in total. The van der Waals surface area contributed by atoms with Crippen LogP contribution in [0.2, 0.25) is 0 Å². The molecule has 4 unspecified atom stereocenters. The maximum absolute atomic E-state index is 11.9. The molecule has 4 rings (SSSR count). The number of amides is 1. The van der Waals surface area contributed by atoms with Gasteiger partial charge in [-0.15, -0.1) is 0 Å². The monoisotopic (exact) mass is 547 g/mol. The molecule has 6 heteroatoms. The third kappa shape index (κ3) is 6.79. The normalized spacial score (nSPS) is 25.5. The lowest BCUT2D eigenvalue weighted by Gasteiger charge is -2.37. The minimum Gasteiger partial charge on any atom is -0.367 e. The van der Waals surface area contributed by atoms with E-state index in [1.165, 1.54) is 12.0 Å². The van der Waals surface area contributed by atoms with E-state index in [9.17, 15) is 9.90 Å². The van der Waals surface area contributed by atoms with Gasteiger partial charge in [-0.25, -0.2) is 0 Å². The molecule has 2 aromatic rings. The van der Waals surface area contributed by atoms with E-state index < -0.39 is 11.3 Å². The van der Waals surface area contributed by atoms with Crippen LogP contribution in [0.25, 0.3) is 0 Å². The second-order valence-electron chi connectivity index (χ2n) is 13.0. The zero-order valence-corrected chi connectivity index (χ0v) is 25.6. The van der Waals surface area contributed by atoms with Crippen LogP contribution >= 0.6 is 0 Å². The summed E-state index contributed by atoms with van der Waals surface area (Å²) in [6.45, 7) is 22.5. The van der Waals surface area contributed by atoms with Crippen LogP contribution in [0.1, 0.15) is 94.5 Å². The molecular weight excluding hydrogens is 498 g/mol. The molecule has 0 radical (unpaired) electrons. The Morgan fingerprint density at radius 3 is 2.52 bits per heavy atom. The van der Waals surface area contributed by atoms with E-state index in [1.54, 1.807) is 0 Å². The number of aliphatic hydroxyl groups is 1. The number of benzene rings is 2. The predicted octanol–water partition coefficient (Wildman–Crippen LogP) is 6.57. The number of carbonyl (C=O) groups is 1. The van der Waals surface area contributed by atoms with Crippen molar-refractivity contribution >= 4 is 11.6 Å². The fraction of sp³-hybridized carbons (Fsp3) is 0.559. The number of anilines is 1. The standard InChI is InChI=1S/C34H49N3O3/c1-22(2)28-12-10-14-31(29(28)21-40-33(7)16-15-32(38)35-26(33)6)36-34(8,39)30-13-9-11-27(25(30)5)20-37-18-23(3)17-24(4)19-37/h9-14,22-24,36,39H,6,15-21H2,1-5,7-8H3,(H,35,38). The smallest absolute Gasteiger partial charge is 0.224 e. The molecule has 0 aliphatic carbocycles. The van der Waals surface area contributed by atoms with Crippen molar-refractivity contribution in [1.29, 1.82) is 0 Å². The highest BCUT2D eigenvalue weighted by molar-refractivity contribution is 5.79. The Balaban J connectivity index is 1.59. The molecule has 2 aliphatic rings. The molecule has 4 atom stereocenters. The number of carbonyl (C=O) groups excluding carboxylic acids is 1. The number of likely N-dealkylation sites (tertiary alicyclic amines) is 1. The minimum absolute atomic E-state index is 0.0195. The van der Waals surface area contributed by atoms with Crippen molar-refractivity contribution < 1.29 is 14.6 Å². The molecule has 0 saturated carbocycles. The van der Waals surface area contributed by atoms with Crippen LogP contribution in [-0.4, -0.2) is 34.6 Å². The van der Waals surface area contributed by atoms with Crippen LogP contribution in [0.4, 0.5) is 5.69 Å². The van der Waals surface area contributed by atoms with Crippen LogP contribution in [0.3, 0.4) is 0 Å². The van der Waals surface area contributed by atoms with Crippen molar-refractivity contribution in [3.8, 4) is 0 Å². The van der Waals surface area contributed by atoms with Gasteiger partial charge in [-0.3, -0.25) is 9.69 Å². The Morgan fingerprint density at radius 2 is 1.88 bits per heavy atom. The second-order valence-corrected chi connectivity index (χ2v) is 13.0. The molecule has 2 heterocycles. The summed E-state index contributed by atoms with van der Waals surface area (Å²) in [4.78, 5) is 14.4. The third-order valence-electron chi connectivity index (χ3n) is 8.81. The van der Waals surface area contributed by atoms with Gasteiger partial charge in [0.05, 0.1) is 6.61 Å². The molecule has 218 valence electrons. The van der Waals surface area contributed by atoms with E-state index in [0.29, 0.717) is 37.0 Å². The van der Waals surface area contributed by atoms with Gasteiger partial charge in [0, 0.05) is 48.6 Å². The van der Waals surface area contributed by atoms with E-state index in [2.05, 4.69) is 74.9 Å². The van der Waals surface area contributed by atoms with Gasteiger partial charge in [0.25, 0.3) is 0 Å². The minimum atomic E-state index is -1.29. The van der Waals surface area contributed by atoms with Crippen LogP contribution < -0.4 is 10.6 Å². The number of piperidine rings is 2. The Hall–Kier alpha value is -2.67. The molecule has 3 N–H and O–H groups in total. The summed E-state index contributed by atoms with van der Waals surface area (Å²) in [6, 6.07) is 12.4. The molecule has 2 saturated heterocycles. The number of hydrogen-bond acceptors (Lipinski definition) is 5. The Kier molecular flexibility index (Phi) is 9.13. The Morgan fingerprint density at radius 1 is 1.20 bits per heavy atom. The number of nitrogens with one attached hydrogen (secondary N) is 2. The summed E-state index contributed by atoms with van der Waals surface area (Å²) < 4.78 is 6.47. The first-order valence-electron chi connectivity index (χ1n) is 14.9. The average molecular weight is 548 g/mol. The average Bonchev–Trinajstić information content (AvgIpc) is 2.86. The Labute approximate surface area is 241 Å². The second kappa shape index (κ2) is 12.1. The maximum Gasteiger partial charge on any atom is 0.224 e. The summed E-state index contributed by atoms with van der Waals surface area (Å²) in [5.74, 6) is 1.66. The predicted molar refractivity (Wildman–Crippen MR) is 163 cm³/mol. The fourth-order valence-electron chi connectivity index (χ4n) is 6.55. The lowest BCUT2D eigenvalue weighted by molar-refractivity contribution is -0.126. The topological polar surface area (TPSA) is 73.8 Å². The van der Waals surface area contributed by atoms with Crippen LogP contribution in [-0.2, 0) is 28.4 Å².